The first-order chi connectivity index (χ1) is 27.5. The van der Waals surface area contributed by atoms with Crippen LogP contribution < -0.4 is 16.0 Å². The number of amides is 5. The Bertz CT molecular complexity index is 1450. The lowest BCUT2D eigenvalue weighted by Crippen LogP contribution is -2.55. The van der Waals surface area contributed by atoms with Gasteiger partial charge < -0.3 is 40.0 Å². The number of hydrogen-bond donors (Lipinski definition) is 3. The maximum Gasteiger partial charge on any atom is 0.305 e. The van der Waals surface area contributed by atoms with Gasteiger partial charge in [0, 0.05) is 47.2 Å². The Balaban J connectivity index is 2.19. The van der Waals surface area contributed by atoms with Gasteiger partial charge in [-0.3, -0.25) is 33.7 Å². The van der Waals surface area contributed by atoms with Crippen molar-refractivity contribution in [2.75, 3.05) is 61.6 Å². The topological polar surface area (TPSA) is 176 Å². The first-order valence-electron chi connectivity index (χ1n) is 20.8. The number of hydrogen-bond acceptors (Lipinski definition) is 10. The summed E-state index contributed by atoms with van der Waals surface area (Å²) in [5.41, 5.74) is 0.868. The Kier molecular flexibility index (Phi) is 21.9. The van der Waals surface area contributed by atoms with Crippen molar-refractivity contribution in [1.82, 2.24) is 30.7 Å². The van der Waals surface area contributed by atoms with E-state index < -0.39 is 36.3 Å². The van der Waals surface area contributed by atoms with Gasteiger partial charge in [-0.15, -0.1) is 0 Å². The molecule has 1 aliphatic heterocycles. The molecule has 0 bridgehead atoms. The summed E-state index contributed by atoms with van der Waals surface area (Å²) in [5, 5.41) is 8.60. The first-order valence-corrected chi connectivity index (χ1v) is 20.8. The van der Waals surface area contributed by atoms with E-state index in [4.69, 9.17) is 14.2 Å². The van der Waals surface area contributed by atoms with Crippen molar-refractivity contribution < 1.29 is 43.0 Å². The molecule has 1 aliphatic rings. The number of carbonyl (C=O) groups is 6. The number of nitrogens with one attached hydrogen (secondary N) is 3. The molecule has 0 aromatic heterocycles. The smallest absolute Gasteiger partial charge is 0.305 e. The minimum Gasteiger partial charge on any atom is -0.466 e. The predicted molar refractivity (Wildman–Crippen MR) is 222 cm³/mol. The molecular weight excluding hydrogens is 745 g/mol. The van der Waals surface area contributed by atoms with Gasteiger partial charge in [-0.25, -0.2) is 0 Å². The van der Waals surface area contributed by atoms with E-state index >= 15 is 0 Å². The number of methoxy groups -OCH3 is 2. The maximum absolute atomic E-state index is 14.2. The quantitative estimate of drug-likeness (QED) is 0.0984. The van der Waals surface area contributed by atoms with Crippen LogP contribution >= 0.6 is 0 Å². The highest BCUT2D eigenvalue weighted by atomic mass is 16.5. The van der Waals surface area contributed by atoms with Crippen LogP contribution in [-0.4, -0.2) is 148 Å². The normalized spacial score (nSPS) is 17.7. The Hall–Kier alpha value is -4.08. The van der Waals surface area contributed by atoms with Gasteiger partial charge in [0.15, 0.2) is 0 Å². The summed E-state index contributed by atoms with van der Waals surface area (Å²) >= 11 is 0. The molecule has 2 rings (SSSR count). The molecule has 1 saturated heterocycles. The molecule has 3 N–H and O–H groups in total. The Morgan fingerprint density at radius 3 is 2.14 bits per heavy atom. The van der Waals surface area contributed by atoms with Crippen LogP contribution in [0.3, 0.4) is 0 Å². The van der Waals surface area contributed by atoms with Crippen molar-refractivity contribution in [3.63, 3.8) is 0 Å². The highest BCUT2D eigenvalue weighted by Crippen LogP contribution is 2.29. The van der Waals surface area contributed by atoms with Crippen LogP contribution in [0.5, 0.6) is 0 Å². The minimum atomic E-state index is -0.882. The van der Waals surface area contributed by atoms with Crippen molar-refractivity contribution in [2.45, 2.75) is 123 Å². The zero-order chi connectivity index (χ0) is 43.5. The van der Waals surface area contributed by atoms with Gasteiger partial charge in [-0.05, 0) is 50.8 Å². The lowest BCUT2D eigenvalue weighted by molar-refractivity contribution is -0.146. The molecule has 1 aromatic rings. The fourth-order valence-electron chi connectivity index (χ4n) is 7.91. The molecule has 15 nitrogen and oxygen atoms in total. The molecule has 0 saturated carbocycles. The minimum absolute atomic E-state index is 0.00395. The fourth-order valence-corrected chi connectivity index (χ4v) is 7.91. The largest absolute Gasteiger partial charge is 0.466 e. The highest BCUT2D eigenvalue weighted by molar-refractivity contribution is 5.89. The van der Waals surface area contributed by atoms with Gasteiger partial charge in [0.2, 0.25) is 29.5 Å². The van der Waals surface area contributed by atoms with E-state index in [1.54, 1.807) is 30.7 Å². The van der Waals surface area contributed by atoms with E-state index in [0.29, 0.717) is 25.8 Å². The maximum atomic E-state index is 14.2. The second-order valence-corrected chi connectivity index (χ2v) is 16.0. The van der Waals surface area contributed by atoms with E-state index in [2.05, 4.69) is 16.0 Å². The summed E-state index contributed by atoms with van der Waals surface area (Å²) in [4.78, 5) is 84.7. The monoisotopic (exact) mass is 817 g/mol. The number of likely N-dealkylation sites (tertiary alicyclic amines) is 1. The lowest BCUT2D eigenvalue weighted by atomic mass is 9.90. The van der Waals surface area contributed by atoms with Crippen molar-refractivity contribution in [3.8, 4) is 0 Å². The summed E-state index contributed by atoms with van der Waals surface area (Å²) in [6, 6.07) is 7.25. The Morgan fingerprint density at radius 1 is 0.897 bits per heavy atom. The SMILES string of the molecule is CCC(=O)OCCCNC(=O)C(Cc1ccccc1)NC(=O)[C@H](C)[C@@H](OC)[C@@H]1CCCN1C(=O)C[C@@H](OC)[C@H]([C@@H](C)CC)N(C)C(=O)CNC(=O)[C@H](C(C)C)N(C)C. The molecule has 0 spiro atoms. The van der Waals surface area contributed by atoms with Crippen molar-refractivity contribution in [2.24, 2.45) is 17.8 Å². The number of rotatable bonds is 25. The second kappa shape index (κ2) is 25.4. The summed E-state index contributed by atoms with van der Waals surface area (Å²) < 4.78 is 17.0. The van der Waals surface area contributed by atoms with Crippen molar-refractivity contribution in [1.29, 1.82) is 0 Å². The summed E-state index contributed by atoms with van der Waals surface area (Å²) in [7, 11) is 8.40. The van der Waals surface area contributed by atoms with Crippen LogP contribution in [0.4, 0.5) is 0 Å². The lowest BCUT2D eigenvalue weighted by Gasteiger charge is -2.39. The Morgan fingerprint density at radius 2 is 1.57 bits per heavy atom. The van der Waals surface area contributed by atoms with Gasteiger partial charge in [-0.2, -0.15) is 0 Å². The predicted octanol–water partition coefficient (Wildman–Crippen LogP) is 2.80. The molecule has 15 heteroatoms. The van der Waals surface area contributed by atoms with Crippen LogP contribution in [0.25, 0.3) is 0 Å². The molecule has 1 fully saturated rings. The molecule has 1 unspecified atom stereocenters. The third-order valence-electron chi connectivity index (χ3n) is 11.3. The van der Waals surface area contributed by atoms with Gasteiger partial charge in [0.05, 0.1) is 55.8 Å². The molecule has 58 heavy (non-hydrogen) atoms. The van der Waals surface area contributed by atoms with E-state index in [0.717, 1.165) is 12.0 Å². The summed E-state index contributed by atoms with van der Waals surface area (Å²) in [6.07, 6.45) is 1.70. The van der Waals surface area contributed by atoms with Gasteiger partial charge in [0.25, 0.3) is 0 Å². The van der Waals surface area contributed by atoms with Crippen LogP contribution in [0.15, 0.2) is 30.3 Å². The first kappa shape index (κ1) is 50.1. The number of carbonyl (C=O) groups excluding carboxylic acids is 6. The molecule has 5 amide bonds. The van der Waals surface area contributed by atoms with Gasteiger partial charge >= 0.3 is 5.97 Å². The third kappa shape index (κ3) is 14.9. The molecule has 328 valence electrons. The van der Waals surface area contributed by atoms with Crippen LogP contribution in [0, 0.1) is 17.8 Å². The van der Waals surface area contributed by atoms with Crippen LogP contribution in [0.1, 0.15) is 85.6 Å². The summed E-state index contributed by atoms with van der Waals surface area (Å²) in [6.45, 7) is 12.1. The van der Waals surface area contributed by atoms with E-state index in [9.17, 15) is 28.8 Å². The average Bonchev–Trinajstić information content (AvgIpc) is 3.68. The number of nitrogens with zero attached hydrogens (tertiary/aromatic N) is 3. The Labute approximate surface area is 346 Å². The molecule has 1 heterocycles. The van der Waals surface area contributed by atoms with Crippen molar-refractivity contribution in [3.05, 3.63) is 35.9 Å². The molecular formula is C43H72N6O9. The van der Waals surface area contributed by atoms with Gasteiger partial charge in [-0.1, -0.05) is 78.3 Å². The number of likely N-dealkylation sites (N-methyl/N-ethyl adjacent to an activating group) is 2. The van der Waals surface area contributed by atoms with Gasteiger partial charge in [0.1, 0.15) is 6.04 Å². The van der Waals surface area contributed by atoms with E-state index in [1.165, 1.54) is 14.2 Å². The zero-order valence-corrected chi connectivity index (χ0v) is 36.9. The van der Waals surface area contributed by atoms with Crippen molar-refractivity contribution >= 4 is 35.5 Å². The zero-order valence-electron chi connectivity index (χ0n) is 36.9. The second-order valence-electron chi connectivity index (χ2n) is 16.0. The number of ether oxygens (including phenoxy) is 3. The van der Waals surface area contributed by atoms with Crippen LogP contribution in [-0.2, 0) is 49.4 Å². The summed E-state index contributed by atoms with van der Waals surface area (Å²) in [5.74, 6) is -2.46. The molecule has 0 radical (unpaired) electrons. The average molecular weight is 817 g/mol. The van der Waals surface area contributed by atoms with Crippen LogP contribution in [0.2, 0.25) is 0 Å². The number of esters is 1. The highest BCUT2D eigenvalue weighted by Gasteiger charge is 2.42. The fraction of sp³-hybridized carbons (Fsp3) is 0.721. The standard InChI is InChI=1S/C43H72N6O9/c1-12-29(5)39(48(9)36(51)27-45-43(55)38(28(3)4)47(7)8)34(56-10)26-35(50)49-23-17-21-33(49)40(57-11)30(6)41(53)46-32(25-31-19-15-14-16-20-31)42(54)44-22-18-24-58-37(52)13-2/h14-16,19-20,28-30,32-34,38-40H,12-13,17-18,21-27H2,1-11H3,(H,44,54)(H,45,55)(H,46,53)/t29-,30+,32?,33-,34+,38-,39-,40+/m0/s1. The number of benzene rings is 1. The molecule has 8 atom stereocenters. The van der Waals surface area contributed by atoms with E-state index in [1.807, 2.05) is 77.0 Å². The third-order valence-corrected chi connectivity index (χ3v) is 11.3. The molecule has 1 aromatic carbocycles. The van der Waals surface area contributed by atoms with E-state index in [-0.39, 0.29) is 92.3 Å². The molecule has 0 aliphatic carbocycles.